The number of aromatic hydroxyl groups is 1. The van der Waals surface area contributed by atoms with E-state index in [-0.39, 0.29) is 28.6 Å². The van der Waals surface area contributed by atoms with Gasteiger partial charge in [0.2, 0.25) is 5.91 Å². The van der Waals surface area contributed by atoms with Crippen molar-refractivity contribution in [1.82, 2.24) is 15.3 Å². The molecule has 0 aliphatic carbocycles. The number of fused-ring (bicyclic) bond motifs is 1. The summed E-state index contributed by atoms with van der Waals surface area (Å²) in [6, 6.07) is 8.65. The highest BCUT2D eigenvalue weighted by Crippen LogP contribution is 2.39. The third kappa shape index (κ3) is 3.97. The number of aromatic nitrogens is 2. The number of halogens is 2. The van der Waals surface area contributed by atoms with Crippen LogP contribution in [0.4, 0.5) is 14.6 Å². The summed E-state index contributed by atoms with van der Waals surface area (Å²) in [4.78, 5) is 23.9. The van der Waals surface area contributed by atoms with Crippen molar-refractivity contribution in [2.24, 2.45) is 11.3 Å². The first-order valence-electron chi connectivity index (χ1n) is 10.7. The van der Waals surface area contributed by atoms with Crippen LogP contribution in [0.2, 0.25) is 0 Å². The first kappa shape index (κ1) is 21.9. The topological polar surface area (TPSA) is 78.4 Å². The van der Waals surface area contributed by atoms with Crippen molar-refractivity contribution >= 4 is 22.8 Å². The van der Waals surface area contributed by atoms with Crippen LogP contribution in [0.15, 0.2) is 36.4 Å². The number of carbonyl (C=O) groups is 1. The first-order valence-corrected chi connectivity index (χ1v) is 10.7. The SMILES string of the molecule is CCNC(=O)C(C)(C)C1CCN(c2nc3cc(F)c(F)cc3nc2-c2cccc(O)c2)C1. The Morgan fingerprint density at radius 1 is 1.19 bits per heavy atom. The second-order valence-electron chi connectivity index (χ2n) is 8.71. The number of amides is 1. The Hall–Kier alpha value is -3.29. The minimum Gasteiger partial charge on any atom is -0.508 e. The molecule has 0 radical (unpaired) electrons. The van der Waals surface area contributed by atoms with Crippen molar-refractivity contribution in [3.05, 3.63) is 48.0 Å². The average Bonchev–Trinajstić information content (AvgIpc) is 3.25. The van der Waals surface area contributed by atoms with Gasteiger partial charge in [-0.25, -0.2) is 18.7 Å². The average molecular weight is 440 g/mol. The van der Waals surface area contributed by atoms with Gasteiger partial charge in [0.15, 0.2) is 17.5 Å². The molecule has 2 N–H and O–H groups in total. The van der Waals surface area contributed by atoms with Crippen LogP contribution in [0.3, 0.4) is 0 Å². The van der Waals surface area contributed by atoms with Crippen molar-refractivity contribution in [3.8, 4) is 17.0 Å². The van der Waals surface area contributed by atoms with Crippen molar-refractivity contribution in [1.29, 1.82) is 0 Å². The van der Waals surface area contributed by atoms with Crippen molar-refractivity contribution in [2.45, 2.75) is 27.2 Å². The number of carbonyl (C=O) groups excluding carboxylic acids is 1. The van der Waals surface area contributed by atoms with Gasteiger partial charge in [-0.3, -0.25) is 4.79 Å². The first-order chi connectivity index (χ1) is 15.2. The minimum atomic E-state index is -0.994. The highest BCUT2D eigenvalue weighted by molar-refractivity contribution is 5.85. The van der Waals surface area contributed by atoms with Crippen LogP contribution in [-0.4, -0.2) is 40.6 Å². The van der Waals surface area contributed by atoms with Gasteiger partial charge in [-0.15, -0.1) is 0 Å². The number of hydrogen-bond acceptors (Lipinski definition) is 5. The molecule has 2 aromatic carbocycles. The maximum absolute atomic E-state index is 13.9. The molecule has 1 atom stereocenters. The van der Waals surface area contributed by atoms with Crippen LogP contribution in [-0.2, 0) is 4.79 Å². The highest BCUT2D eigenvalue weighted by atomic mass is 19.2. The quantitative estimate of drug-likeness (QED) is 0.620. The molecule has 168 valence electrons. The molecule has 1 saturated heterocycles. The molecule has 1 unspecified atom stereocenters. The van der Waals surface area contributed by atoms with Crippen molar-refractivity contribution in [3.63, 3.8) is 0 Å². The molecule has 8 heteroatoms. The monoisotopic (exact) mass is 440 g/mol. The van der Waals surface area contributed by atoms with E-state index in [1.54, 1.807) is 24.3 Å². The molecular weight excluding hydrogens is 414 g/mol. The fourth-order valence-electron chi connectivity index (χ4n) is 4.23. The van der Waals surface area contributed by atoms with E-state index in [1.165, 1.54) is 0 Å². The molecule has 1 fully saturated rings. The van der Waals surface area contributed by atoms with E-state index in [4.69, 9.17) is 0 Å². The molecule has 0 saturated carbocycles. The largest absolute Gasteiger partial charge is 0.508 e. The van der Waals surface area contributed by atoms with E-state index in [2.05, 4.69) is 15.3 Å². The van der Waals surface area contributed by atoms with Crippen LogP contribution in [0.5, 0.6) is 5.75 Å². The summed E-state index contributed by atoms with van der Waals surface area (Å²) in [5.74, 6) is -1.32. The fraction of sp³-hybridized carbons (Fsp3) is 0.375. The zero-order valence-electron chi connectivity index (χ0n) is 18.3. The van der Waals surface area contributed by atoms with E-state index in [1.807, 2.05) is 25.7 Å². The molecule has 1 aromatic heterocycles. The minimum absolute atomic E-state index is 0.00203. The molecule has 1 aliphatic rings. The second-order valence-corrected chi connectivity index (χ2v) is 8.71. The molecule has 0 spiro atoms. The Balaban J connectivity index is 1.78. The molecule has 0 bridgehead atoms. The Kier molecular flexibility index (Phi) is 5.71. The lowest BCUT2D eigenvalue weighted by atomic mass is 9.77. The van der Waals surface area contributed by atoms with Gasteiger partial charge in [0.05, 0.1) is 11.0 Å². The maximum atomic E-state index is 13.9. The standard InChI is InChI=1S/C24H26F2N4O2/c1-4-27-23(32)24(2,3)15-8-9-30(13-15)22-21(14-6-5-7-16(31)10-14)28-19-11-17(25)18(26)12-20(19)29-22/h5-7,10-12,15,31H,4,8-9,13H2,1-3H3,(H,27,32). The fourth-order valence-corrected chi connectivity index (χ4v) is 4.23. The van der Waals surface area contributed by atoms with Crippen LogP contribution >= 0.6 is 0 Å². The number of anilines is 1. The predicted octanol–water partition coefficient (Wildman–Crippen LogP) is 4.27. The van der Waals surface area contributed by atoms with Gasteiger partial charge in [-0.1, -0.05) is 26.0 Å². The number of phenolic OH excluding ortho intramolecular Hbond substituents is 1. The molecule has 3 aromatic rings. The van der Waals surface area contributed by atoms with E-state index >= 15 is 0 Å². The zero-order chi connectivity index (χ0) is 23.0. The van der Waals surface area contributed by atoms with Gasteiger partial charge in [-0.05, 0) is 31.4 Å². The molecule has 1 aliphatic heterocycles. The number of nitrogens with zero attached hydrogens (tertiary/aromatic N) is 3. The lowest BCUT2D eigenvalue weighted by molar-refractivity contribution is -0.131. The molecule has 2 heterocycles. The normalized spacial score (nSPS) is 16.5. The lowest BCUT2D eigenvalue weighted by Gasteiger charge is -2.30. The van der Waals surface area contributed by atoms with E-state index in [9.17, 15) is 18.7 Å². The number of benzene rings is 2. The molecule has 4 rings (SSSR count). The van der Waals surface area contributed by atoms with E-state index in [0.717, 1.165) is 18.6 Å². The molecule has 1 amide bonds. The number of rotatable bonds is 5. The summed E-state index contributed by atoms with van der Waals surface area (Å²) in [5, 5.41) is 12.9. The lowest BCUT2D eigenvalue weighted by Crippen LogP contribution is -2.42. The second kappa shape index (κ2) is 8.33. The summed E-state index contributed by atoms with van der Waals surface area (Å²) < 4.78 is 27.7. The summed E-state index contributed by atoms with van der Waals surface area (Å²) in [5.41, 5.74) is 0.982. The van der Waals surface area contributed by atoms with Crippen LogP contribution < -0.4 is 10.2 Å². The maximum Gasteiger partial charge on any atom is 0.225 e. The van der Waals surface area contributed by atoms with Gasteiger partial charge in [0, 0.05) is 42.7 Å². The van der Waals surface area contributed by atoms with Gasteiger partial charge < -0.3 is 15.3 Å². The Bertz CT molecular complexity index is 1180. The summed E-state index contributed by atoms with van der Waals surface area (Å²) in [6.07, 6.45) is 0.779. The number of hydrogen-bond donors (Lipinski definition) is 2. The van der Waals surface area contributed by atoms with Crippen LogP contribution in [0, 0.1) is 23.0 Å². The number of nitrogens with one attached hydrogen (secondary N) is 1. The van der Waals surface area contributed by atoms with Gasteiger partial charge in [0.1, 0.15) is 11.4 Å². The van der Waals surface area contributed by atoms with Crippen molar-refractivity contribution in [2.75, 3.05) is 24.5 Å². The molecule has 6 nitrogen and oxygen atoms in total. The Labute approximate surface area is 185 Å². The highest BCUT2D eigenvalue weighted by Gasteiger charge is 2.41. The summed E-state index contributed by atoms with van der Waals surface area (Å²) >= 11 is 0. The predicted molar refractivity (Wildman–Crippen MR) is 119 cm³/mol. The van der Waals surface area contributed by atoms with Crippen LogP contribution in [0.25, 0.3) is 22.3 Å². The van der Waals surface area contributed by atoms with E-state index < -0.39 is 17.0 Å². The summed E-state index contributed by atoms with van der Waals surface area (Å²) in [6.45, 7) is 7.55. The summed E-state index contributed by atoms with van der Waals surface area (Å²) in [7, 11) is 0. The van der Waals surface area contributed by atoms with Gasteiger partial charge >= 0.3 is 0 Å². The molecular formula is C24H26F2N4O2. The zero-order valence-corrected chi connectivity index (χ0v) is 18.3. The Morgan fingerprint density at radius 2 is 1.88 bits per heavy atom. The van der Waals surface area contributed by atoms with Gasteiger partial charge in [0.25, 0.3) is 0 Å². The third-order valence-corrected chi connectivity index (χ3v) is 6.24. The van der Waals surface area contributed by atoms with Gasteiger partial charge in [-0.2, -0.15) is 0 Å². The van der Waals surface area contributed by atoms with Crippen LogP contribution in [0.1, 0.15) is 27.2 Å². The van der Waals surface area contributed by atoms with E-state index in [0.29, 0.717) is 36.7 Å². The molecule has 32 heavy (non-hydrogen) atoms. The number of phenols is 1. The van der Waals surface area contributed by atoms with Crippen molar-refractivity contribution < 1.29 is 18.7 Å². The smallest absolute Gasteiger partial charge is 0.225 e. The third-order valence-electron chi connectivity index (χ3n) is 6.24. The Morgan fingerprint density at radius 3 is 2.53 bits per heavy atom.